The third-order valence-corrected chi connectivity index (χ3v) is 8.18. The van der Waals surface area contributed by atoms with Crippen molar-refractivity contribution < 1.29 is 37.3 Å². The number of rotatable bonds is 11. The SMILES string of the molecule is CC1(C)C2CC[C@H](CN(Cc3ccc(OCCCC(=O)O)cc3)C(=O)Nc3ccc(OC(F)(F)F)cc3)C1C2. The van der Waals surface area contributed by atoms with Gasteiger partial charge < -0.3 is 24.8 Å². The second-order valence-electron chi connectivity index (χ2n) is 11.1. The summed E-state index contributed by atoms with van der Waals surface area (Å²) in [5, 5.41) is 11.6. The summed E-state index contributed by atoms with van der Waals surface area (Å²) in [5.41, 5.74) is 1.54. The van der Waals surface area contributed by atoms with E-state index < -0.39 is 12.3 Å². The fraction of sp³-hybridized carbons (Fsp3) is 0.517. The first-order valence-corrected chi connectivity index (χ1v) is 13.3. The van der Waals surface area contributed by atoms with E-state index in [1.54, 1.807) is 17.0 Å². The van der Waals surface area contributed by atoms with Crippen molar-refractivity contribution in [1.82, 2.24) is 4.90 Å². The van der Waals surface area contributed by atoms with Gasteiger partial charge in [-0.15, -0.1) is 13.2 Å². The Hall–Kier alpha value is -3.43. The Bertz CT molecular complexity index is 1130. The largest absolute Gasteiger partial charge is 0.573 e. The minimum absolute atomic E-state index is 0.0416. The summed E-state index contributed by atoms with van der Waals surface area (Å²) in [7, 11) is 0. The number of anilines is 1. The van der Waals surface area contributed by atoms with Crippen LogP contribution in [0.1, 0.15) is 51.5 Å². The lowest BCUT2D eigenvalue weighted by Gasteiger charge is -2.60. The maximum absolute atomic E-state index is 13.4. The minimum Gasteiger partial charge on any atom is -0.494 e. The van der Waals surface area contributed by atoms with Crippen LogP contribution in [-0.2, 0) is 11.3 Å². The molecule has 5 rings (SSSR count). The molecule has 3 fully saturated rings. The predicted molar refractivity (Wildman–Crippen MR) is 139 cm³/mol. The first-order valence-electron chi connectivity index (χ1n) is 13.3. The van der Waals surface area contributed by atoms with E-state index in [1.165, 1.54) is 30.7 Å². The van der Waals surface area contributed by atoms with E-state index in [0.717, 1.165) is 24.3 Å². The van der Waals surface area contributed by atoms with Gasteiger partial charge in [0.05, 0.1) is 6.61 Å². The molecule has 2 bridgehead atoms. The van der Waals surface area contributed by atoms with Crippen LogP contribution in [0.25, 0.3) is 0 Å². The smallest absolute Gasteiger partial charge is 0.494 e. The van der Waals surface area contributed by atoms with Crippen LogP contribution in [0.2, 0.25) is 0 Å². The number of urea groups is 1. The van der Waals surface area contributed by atoms with Crippen molar-refractivity contribution in [3.05, 3.63) is 54.1 Å². The van der Waals surface area contributed by atoms with Crippen molar-refractivity contribution >= 4 is 17.7 Å². The van der Waals surface area contributed by atoms with Crippen molar-refractivity contribution in [3.8, 4) is 11.5 Å². The molecule has 0 heterocycles. The number of alkyl halides is 3. The lowest BCUT2D eigenvalue weighted by molar-refractivity contribution is -0.274. The van der Waals surface area contributed by atoms with E-state index >= 15 is 0 Å². The van der Waals surface area contributed by atoms with Gasteiger partial charge in [0, 0.05) is 25.2 Å². The van der Waals surface area contributed by atoms with Crippen molar-refractivity contribution in [3.63, 3.8) is 0 Å². The summed E-state index contributed by atoms with van der Waals surface area (Å²) in [6.45, 7) is 5.85. The number of hydrogen-bond donors (Lipinski definition) is 2. The number of aliphatic carboxylic acids is 1. The monoisotopic (exact) mass is 548 g/mol. The van der Waals surface area contributed by atoms with Gasteiger partial charge >= 0.3 is 18.4 Å². The van der Waals surface area contributed by atoms with E-state index in [1.807, 2.05) is 12.1 Å². The zero-order valence-electron chi connectivity index (χ0n) is 22.2. The van der Waals surface area contributed by atoms with Crippen LogP contribution in [0.15, 0.2) is 48.5 Å². The Balaban J connectivity index is 1.42. The van der Waals surface area contributed by atoms with Gasteiger partial charge in [-0.05, 0) is 90.8 Å². The zero-order chi connectivity index (χ0) is 28.2. The molecule has 3 saturated carbocycles. The lowest BCUT2D eigenvalue weighted by Crippen LogP contribution is -2.55. The van der Waals surface area contributed by atoms with Crippen LogP contribution in [0.4, 0.5) is 23.7 Å². The molecule has 0 saturated heterocycles. The number of nitrogens with one attached hydrogen (secondary N) is 1. The topological polar surface area (TPSA) is 88.1 Å². The zero-order valence-corrected chi connectivity index (χ0v) is 22.2. The lowest BCUT2D eigenvalue weighted by atomic mass is 9.45. The molecule has 2 aromatic carbocycles. The molecule has 7 nitrogen and oxygen atoms in total. The normalized spacial score (nSPS) is 21.4. The Morgan fingerprint density at radius 1 is 1.05 bits per heavy atom. The van der Waals surface area contributed by atoms with E-state index in [0.29, 0.717) is 49.4 Å². The third-order valence-electron chi connectivity index (χ3n) is 8.18. The van der Waals surface area contributed by atoms with E-state index in [-0.39, 0.29) is 23.6 Å². The van der Waals surface area contributed by atoms with Gasteiger partial charge in [0.2, 0.25) is 0 Å². The molecule has 0 aromatic heterocycles. The molecule has 0 aliphatic heterocycles. The first kappa shape index (κ1) is 28.6. The molecule has 2 N–H and O–H groups in total. The fourth-order valence-electron chi connectivity index (χ4n) is 5.95. The van der Waals surface area contributed by atoms with Crippen LogP contribution >= 0.6 is 0 Å². The molecule has 3 atom stereocenters. The van der Waals surface area contributed by atoms with Gasteiger partial charge in [-0.3, -0.25) is 4.79 Å². The standard InChI is InChI=1S/C29H35F3N2O5/c1-28(2)21-8-7-20(25(28)16-21)18-34(17-19-5-11-23(12-6-19)38-15-3-4-26(35)36)27(37)33-22-9-13-24(14-10-22)39-29(30,31)32/h5-6,9-14,20-21,25H,3-4,7-8,15-18H2,1-2H3,(H,33,37)(H,35,36)/t20-,21?,25?/m1/s1. The molecule has 3 aliphatic rings. The minimum atomic E-state index is -4.78. The molecule has 2 unspecified atom stereocenters. The van der Waals surface area contributed by atoms with Gasteiger partial charge in [-0.1, -0.05) is 26.0 Å². The summed E-state index contributed by atoms with van der Waals surface area (Å²) in [6.07, 6.45) is -0.933. The summed E-state index contributed by atoms with van der Waals surface area (Å²) in [5.74, 6) is 1.06. The Morgan fingerprint density at radius 3 is 2.31 bits per heavy atom. The van der Waals surface area contributed by atoms with Gasteiger partial charge in [0.1, 0.15) is 11.5 Å². The number of carbonyl (C=O) groups excluding carboxylic acids is 1. The highest BCUT2D eigenvalue weighted by Gasteiger charge is 2.54. The summed E-state index contributed by atoms with van der Waals surface area (Å²) < 4.78 is 47.0. The predicted octanol–water partition coefficient (Wildman–Crippen LogP) is 6.94. The molecule has 3 aliphatic carbocycles. The van der Waals surface area contributed by atoms with Crippen LogP contribution in [-0.4, -0.2) is 41.5 Å². The van der Waals surface area contributed by atoms with Crippen molar-refractivity contribution in [2.24, 2.45) is 23.2 Å². The molecular weight excluding hydrogens is 513 g/mol. The number of amides is 2. The van der Waals surface area contributed by atoms with Crippen LogP contribution < -0.4 is 14.8 Å². The highest BCUT2D eigenvalue weighted by Crippen LogP contribution is 2.61. The van der Waals surface area contributed by atoms with E-state index in [2.05, 4.69) is 23.9 Å². The number of carboxylic acid groups (broad SMARTS) is 1. The number of nitrogens with zero attached hydrogens (tertiary/aromatic N) is 1. The van der Waals surface area contributed by atoms with E-state index in [4.69, 9.17) is 9.84 Å². The van der Waals surface area contributed by atoms with Gasteiger partial charge in [0.25, 0.3) is 0 Å². The number of benzene rings is 2. The second kappa shape index (κ2) is 11.8. The quantitative estimate of drug-likeness (QED) is 0.297. The number of ether oxygens (including phenoxy) is 2. The average molecular weight is 549 g/mol. The van der Waals surface area contributed by atoms with Crippen molar-refractivity contribution in [2.45, 2.75) is 58.9 Å². The number of carboxylic acids is 1. The van der Waals surface area contributed by atoms with Gasteiger partial charge in [-0.25, -0.2) is 4.79 Å². The molecule has 39 heavy (non-hydrogen) atoms. The van der Waals surface area contributed by atoms with Crippen LogP contribution in [0, 0.1) is 23.2 Å². The van der Waals surface area contributed by atoms with Gasteiger partial charge in [-0.2, -0.15) is 0 Å². The highest BCUT2D eigenvalue weighted by atomic mass is 19.4. The molecule has 0 radical (unpaired) electrons. The van der Waals surface area contributed by atoms with Crippen molar-refractivity contribution in [1.29, 1.82) is 0 Å². The maximum atomic E-state index is 13.4. The summed E-state index contributed by atoms with van der Waals surface area (Å²) >= 11 is 0. The van der Waals surface area contributed by atoms with Crippen LogP contribution in [0.5, 0.6) is 11.5 Å². The number of hydrogen-bond acceptors (Lipinski definition) is 4. The van der Waals surface area contributed by atoms with Crippen LogP contribution in [0.3, 0.4) is 0 Å². The highest BCUT2D eigenvalue weighted by molar-refractivity contribution is 5.89. The Labute approximate surface area is 226 Å². The van der Waals surface area contributed by atoms with E-state index in [9.17, 15) is 22.8 Å². The third kappa shape index (κ3) is 7.58. The second-order valence-corrected chi connectivity index (χ2v) is 11.1. The summed E-state index contributed by atoms with van der Waals surface area (Å²) in [6, 6.07) is 12.1. The summed E-state index contributed by atoms with van der Waals surface area (Å²) in [4.78, 5) is 25.8. The molecular formula is C29H35F3N2O5. The fourth-order valence-corrected chi connectivity index (χ4v) is 5.95. The Kier molecular flexibility index (Phi) is 8.61. The molecule has 212 valence electrons. The average Bonchev–Trinajstić information content (AvgIpc) is 2.87. The number of carbonyl (C=O) groups is 2. The van der Waals surface area contributed by atoms with Gasteiger partial charge in [0.15, 0.2) is 0 Å². The van der Waals surface area contributed by atoms with Crippen molar-refractivity contribution in [2.75, 3.05) is 18.5 Å². The maximum Gasteiger partial charge on any atom is 0.573 e. The molecule has 10 heteroatoms. The molecule has 2 aromatic rings. The Morgan fingerprint density at radius 2 is 1.72 bits per heavy atom. The number of halogens is 3. The first-order chi connectivity index (χ1) is 18.4. The molecule has 2 amide bonds. The molecule has 0 spiro atoms. The number of fused-ring (bicyclic) bond motifs is 2.